The highest BCUT2D eigenvalue weighted by Crippen LogP contribution is 2.22. The minimum Gasteiger partial charge on any atom is -0.313 e. The van der Waals surface area contributed by atoms with Crippen LogP contribution in [0.25, 0.3) is 0 Å². The molecular formula is C11H12N2O2. The maximum Gasteiger partial charge on any atom is 0.322 e. The van der Waals surface area contributed by atoms with Crippen molar-refractivity contribution in [2.75, 3.05) is 11.9 Å². The lowest BCUT2D eigenvalue weighted by atomic mass is 10.1. The fraction of sp³-hybridized carbons (Fsp3) is 0.273. The second kappa shape index (κ2) is 3.73. The van der Waals surface area contributed by atoms with Crippen molar-refractivity contribution < 1.29 is 9.59 Å². The van der Waals surface area contributed by atoms with Crippen LogP contribution in [-0.2, 0) is 11.3 Å². The highest BCUT2D eigenvalue weighted by molar-refractivity contribution is 5.94. The number of ketones is 1. The van der Waals surface area contributed by atoms with Crippen LogP contribution >= 0.6 is 0 Å². The van der Waals surface area contributed by atoms with Gasteiger partial charge in [-0.05, 0) is 18.6 Å². The fourth-order valence-electron chi connectivity index (χ4n) is 1.65. The van der Waals surface area contributed by atoms with Crippen LogP contribution in [0.1, 0.15) is 12.5 Å². The second-order valence-corrected chi connectivity index (χ2v) is 3.65. The van der Waals surface area contributed by atoms with Crippen LogP contribution in [0.5, 0.6) is 0 Å². The number of hydrogen-bond acceptors (Lipinski definition) is 2. The lowest BCUT2D eigenvalue weighted by Gasteiger charge is -2.28. The fourth-order valence-corrected chi connectivity index (χ4v) is 1.65. The van der Waals surface area contributed by atoms with Crippen molar-refractivity contribution in [2.24, 2.45) is 0 Å². The third-order valence-electron chi connectivity index (χ3n) is 2.32. The average molecular weight is 204 g/mol. The van der Waals surface area contributed by atoms with E-state index in [2.05, 4.69) is 5.32 Å². The van der Waals surface area contributed by atoms with E-state index in [1.165, 1.54) is 11.8 Å². The largest absolute Gasteiger partial charge is 0.322 e. The Bertz CT molecular complexity index is 415. The quantitative estimate of drug-likeness (QED) is 0.795. The number of hydrogen-bond donors (Lipinski definition) is 1. The molecule has 0 radical (unpaired) electrons. The van der Waals surface area contributed by atoms with Gasteiger partial charge in [0.05, 0.1) is 6.54 Å². The van der Waals surface area contributed by atoms with Crippen molar-refractivity contribution in [3.63, 3.8) is 0 Å². The molecule has 2 amide bonds. The number of anilines is 1. The molecule has 1 aromatic rings. The molecule has 78 valence electrons. The van der Waals surface area contributed by atoms with Gasteiger partial charge in [0, 0.05) is 12.2 Å². The highest BCUT2D eigenvalue weighted by atomic mass is 16.2. The zero-order valence-electron chi connectivity index (χ0n) is 8.49. The van der Waals surface area contributed by atoms with Crippen LogP contribution < -0.4 is 5.32 Å². The maximum atomic E-state index is 11.6. The first-order valence-electron chi connectivity index (χ1n) is 4.80. The van der Waals surface area contributed by atoms with E-state index in [1.807, 2.05) is 24.3 Å². The normalized spacial score (nSPS) is 14.5. The Morgan fingerprint density at radius 3 is 2.93 bits per heavy atom. The summed E-state index contributed by atoms with van der Waals surface area (Å²) < 4.78 is 0. The number of nitrogens with one attached hydrogen (secondary N) is 1. The Balaban J connectivity index is 2.22. The van der Waals surface area contributed by atoms with Gasteiger partial charge in [-0.15, -0.1) is 0 Å². The van der Waals surface area contributed by atoms with Gasteiger partial charge in [-0.3, -0.25) is 4.79 Å². The van der Waals surface area contributed by atoms with E-state index in [-0.39, 0.29) is 18.4 Å². The summed E-state index contributed by atoms with van der Waals surface area (Å²) in [5.74, 6) is -0.00969. The zero-order valence-corrected chi connectivity index (χ0v) is 8.49. The van der Waals surface area contributed by atoms with Gasteiger partial charge >= 0.3 is 6.03 Å². The van der Waals surface area contributed by atoms with Gasteiger partial charge < -0.3 is 10.2 Å². The summed E-state index contributed by atoms with van der Waals surface area (Å²) in [6, 6.07) is 7.39. The highest BCUT2D eigenvalue weighted by Gasteiger charge is 2.22. The standard InChI is InChI=1S/C11H12N2O2/c1-8(14)6-13-7-9-4-2-3-5-10(9)12-11(13)15/h2-5H,6-7H2,1H3,(H,12,15). The summed E-state index contributed by atoms with van der Waals surface area (Å²) >= 11 is 0. The molecule has 15 heavy (non-hydrogen) atoms. The van der Waals surface area contributed by atoms with Gasteiger partial charge in [0.1, 0.15) is 5.78 Å². The molecule has 1 aliphatic heterocycles. The molecule has 0 aliphatic carbocycles. The van der Waals surface area contributed by atoms with Crippen molar-refractivity contribution in [3.05, 3.63) is 29.8 Å². The van der Waals surface area contributed by atoms with Crippen molar-refractivity contribution in [2.45, 2.75) is 13.5 Å². The SMILES string of the molecule is CC(=O)CN1Cc2ccccc2NC1=O. The van der Waals surface area contributed by atoms with Gasteiger partial charge in [0.25, 0.3) is 0 Å². The van der Waals surface area contributed by atoms with E-state index < -0.39 is 0 Å². The van der Waals surface area contributed by atoms with E-state index >= 15 is 0 Å². The first kappa shape index (κ1) is 9.71. The molecule has 0 saturated heterocycles. The molecule has 0 spiro atoms. The predicted molar refractivity (Wildman–Crippen MR) is 56.6 cm³/mol. The molecule has 1 aliphatic rings. The van der Waals surface area contributed by atoms with Gasteiger partial charge in [0.2, 0.25) is 0 Å². The van der Waals surface area contributed by atoms with Crippen molar-refractivity contribution in [1.82, 2.24) is 4.90 Å². The van der Waals surface area contributed by atoms with E-state index in [0.29, 0.717) is 6.54 Å². The zero-order chi connectivity index (χ0) is 10.8. The van der Waals surface area contributed by atoms with Crippen molar-refractivity contribution >= 4 is 17.5 Å². The number of rotatable bonds is 2. The molecule has 4 nitrogen and oxygen atoms in total. The summed E-state index contributed by atoms with van der Waals surface area (Å²) in [6.07, 6.45) is 0. The number of amides is 2. The Hall–Kier alpha value is -1.84. The summed E-state index contributed by atoms with van der Waals surface area (Å²) in [5.41, 5.74) is 1.88. The molecule has 0 atom stereocenters. The van der Waals surface area contributed by atoms with Gasteiger partial charge in [-0.2, -0.15) is 0 Å². The number of para-hydroxylation sites is 1. The van der Waals surface area contributed by atoms with Crippen LogP contribution in [0.3, 0.4) is 0 Å². The first-order chi connectivity index (χ1) is 7.16. The number of benzene rings is 1. The first-order valence-corrected chi connectivity index (χ1v) is 4.80. The van der Waals surface area contributed by atoms with E-state index in [1.54, 1.807) is 0 Å². The molecule has 1 aromatic carbocycles. The van der Waals surface area contributed by atoms with Crippen LogP contribution in [0.4, 0.5) is 10.5 Å². The Morgan fingerprint density at radius 2 is 2.20 bits per heavy atom. The van der Waals surface area contributed by atoms with E-state index in [9.17, 15) is 9.59 Å². The minimum absolute atomic E-state index is 0.00969. The number of fused-ring (bicyclic) bond motifs is 1. The summed E-state index contributed by atoms with van der Waals surface area (Å²) in [6.45, 7) is 2.15. The molecule has 0 aromatic heterocycles. The topological polar surface area (TPSA) is 49.4 Å². The Morgan fingerprint density at radius 1 is 1.47 bits per heavy atom. The number of urea groups is 1. The van der Waals surface area contributed by atoms with Crippen LogP contribution in [-0.4, -0.2) is 23.3 Å². The van der Waals surface area contributed by atoms with Crippen molar-refractivity contribution in [3.8, 4) is 0 Å². The Labute approximate surface area is 87.9 Å². The van der Waals surface area contributed by atoms with Crippen LogP contribution in [0, 0.1) is 0 Å². The summed E-state index contributed by atoms with van der Waals surface area (Å²) in [4.78, 5) is 24.0. The van der Waals surface area contributed by atoms with Crippen LogP contribution in [0.15, 0.2) is 24.3 Å². The molecular weight excluding hydrogens is 192 g/mol. The molecule has 0 saturated carbocycles. The predicted octanol–water partition coefficient (Wildman–Crippen LogP) is 1.62. The number of nitrogens with zero attached hydrogens (tertiary/aromatic N) is 1. The van der Waals surface area contributed by atoms with E-state index in [0.717, 1.165) is 11.3 Å². The molecule has 0 unspecified atom stereocenters. The maximum absolute atomic E-state index is 11.6. The minimum atomic E-state index is -0.205. The molecule has 4 heteroatoms. The Kier molecular flexibility index (Phi) is 2.41. The lowest BCUT2D eigenvalue weighted by Crippen LogP contribution is -2.41. The third-order valence-corrected chi connectivity index (χ3v) is 2.32. The van der Waals surface area contributed by atoms with Gasteiger partial charge in [0.15, 0.2) is 0 Å². The number of carbonyl (C=O) groups excluding carboxylic acids is 2. The molecule has 0 fully saturated rings. The third kappa shape index (κ3) is 1.98. The smallest absolute Gasteiger partial charge is 0.313 e. The van der Waals surface area contributed by atoms with Crippen molar-refractivity contribution in [1.29, 1.82) is 0 Å². The molecule has 1 N–H and O–H groups in total. The molecule has 2 rings (SSSR count). The number of Topliss-reactive ketones (excluding diaryl/α,β-unsaturated/α-hetero) is 1. The monoisotopic (exact) mass is 204 g/mol. The molecule has 1 heterocycles. The summed E-state index contributed by atoms with van der Waals surface area (Å²) in [5, 5.41) is 2.75. The van der Waals surface area contributed by atoms with Gasteiger partial charge in [-0.1, -0.05) is 18.2 Å². The average Bonchev–Trinajstić information content (AvgIpc) is 2.18. The summed E-state index contributed by atoms with van der Waals surface area (Å²) in [7, 11) is 0. The number of carbonyl (C=O) groups is 2. The second-order valence-electron chi connectivity index (χ2n) is 3.65. The van der Waals surface area contributed by atoms with Gasteiger partial charge in [-0.25, -0.2) is 4.79 Å². The van der Waals surface area contributed by atoms with Crippen LogP contribution in [0.2, 0.25) is 0 Å². The molecule has 0 bridgehead atoms. The van der Waals surface area contributed by atoms with E-state index in [4.69, 9.17) is 0 Å². The lowest BCUT2D eigenvalue weighted by molar-refractivity contribution is -0.117.